The van der Waals surface area contributed by atoms with Gasteiger partial charge in [0.1, 0.15) is 6.10 Å². The average molecular weight is 523 g/mol. The molecule has 2 aliphatic heterocycles. The van der Waals surface area contributed by atoms with Gasteiger partial charge >= 0.3 is 5.97 Å². The van der Waals surface area contributed by atoms with E-state index in [4.69, 9.17) is 4.74 Å². The highest BCUT2D eigenvalue weighted by atomic mass is 127. The lowest BCUT2D eigenvalue weighted by Crippen LogP contribution is -3.00. The number of halogens is 1. The molecule has 1 aliphatic carbocycles. The van der Waals surface area contributed by atoms with Crippen LogP contribution in [0.5, 0.6) is 0 Å². The fraction of sp³-hybridized carbons (Fsp3) is 0.654. The van der Waals surface area contributed by atoms with E-state index >= 15 is 0 Å². The van der Waals surface area contributed by atoms with E-state index in [1.54, 1.807) is 0 Å². The molecule has 0 radical (unpaired) electrons. The lowest BCUT2D eigenvalue weighted by molar-refractivity contribution is -0.967. The Morgan fingerprint density at radius 2 is 1.77 bits per heavy atom. The van der Waals surface area contributed by atoms with Crippen molar-refractivity contribution in [3.63, 3.8) is 0 Å². The topological polar surface area (TPSA) is 26.3 Å². The molecule has 3 nitrogen and oxygen atoms in total. The Balaban J connectivity index is 0.00000256. The largest absolute Gasteiger partial charge is 1.00 e. The van der Waals surface area contributed by atoms with Gasteiger partial charge in [-0.3, -0.25) is 4.79 Å². The second kappa shape index (κ2) is 10.2. The molecule has 2 heterocycles. The number of rotatable bonds is 6. The maximum absolute atomic E-state index is 13.2. The van der Waals surface area contributed by atoms with Gasteiger partial charge in [-0.2, -0.15) is 0 Å². The van der Waals surface area contributed by atoms with E-state index in [0.29, 0.717) is 12.1 Å². The van der Waals surface area contributed by atoms with Crippen molar-refractivity contribution in [2.75, 3.05) is 13.1 Å². The van der Waals surface area contributed by atoms with Crippen LogP contribution < -0.4 is 24.0 Å². The summed E-state index contributed by atoms with van der Waals surface area (Å²) in [7, 11) is 0. The van der Waals surface area contributed by atoms with Gasteiger partial charge in [-0.25, -0.2) is 0 Å². The summed E-state index contributed by atoms with van der Waals surface area (Å²) in [6.45, 7) is 9.55. The number of piperidine rings is 1. The Hall–Kier alpha value is -0.880. The number of carbonyl (C=O) groups excluding carboxylic acids is 1. The molecule has 166 valence electrons. The number of nitrogens with zero attached hydrogens (tertiary/aromatic N) is 1. The fourth-order valence-corrected chi connectivity index (χ4v) is 6.59. The molecule has 1 aromatic carbocycles. The van der Waals surface area contributed by atoms with Crippen molar-refractivity contribution in [2.45, 2.75) is 83.9 Å². The molecule has 0 N–H and O–H groups in total. The molecule has 2 saturated heterocycles. The second-order valence-electron chi connectivity index (χ2n) is 9.92. The number of hydrogen-bond acceptors (Lipinski definition) is 2. The van der Waals surface area contributed by atoms with E-state index in [-0.39, 0.29) is 42.0 Å². The van der Waals surface area contributed by atoms with Gasteiger partial charge in [0.15, 0.2) is 0 Å². The predicted molar refractivity (Wildman–Crippen MR) is 118 cm³/mol. The molecule has 5 atom stereocenters. The zero-order valence-electron chi connectivity index (χ0n) is 18.9. The van der Waals surface area contributed by atoms with Crippen molar-refractivity contribution in [3.05, 3.63) is 42.0 Å². The van der Waals surface area contributed by atoms with E-state index < -0.39 is 0 Å². The van der Waals surface area contributed by atoms with Gasteiger partial charge in [0.25, 0.3) is 0 Å². The first-order valence-corrected chi connectivity index (χ1v) is 11.9. The van der Waals surface area contributed by atoms with Gasteiger partial charge in [0.2, 0.25) is 0 Å². The molecule has 0 spiro atoms. The Labute approximate surface area is 199 Å². The van der Waals surface area contributed by atoms with Crippen molar-refractivity contribution in [3.8, 4) is 0 Å². The highest BCUT2D eigenvalue weighted by Gasteiger charge is 2.54. The monoisotopic (exact) mass is 523 g/mol. The molecule has 1 aromatic rings. The van der Waals surface area contributed by atoms with Gasteiger partial charge in [-0.1, -0.05) is 50.3 Å². The summed E-state index contributed by atoms with van der Waals surface area (Å²) in [5.74, 6) is 0.648. The summed E-state index contributed by atoms with van der Waals surface area (Å²) in [6, 6.07) is 11.7. The van der Waals surface area contributed by atoms with E-state index in [2.05, 4.69) is 51.1 Å². The number of quaternary nitrogens is 1. The molecular formula is C26H38INO2. The Bertz CT molecular complexity index is 731. The maximum atomic E-state index is 13.2. The summed E-state index contributed by atoms with van der Waals surface area (Å²) in [5, 5.41) is 0. The van der Waals surface area contributed by atoms with Gasteiger partial charge in [0, 0.05) is 31.6 Å². The SMILES string of the molecule is CC[N+]1(CC(C)C)[C@@H]2CC[C@H]1CC(OC(=O)C1CCCC=C1c1ccccc1)C2.[I-]. The Morgan fingerprint density at radius 3 is 2.37 bits per heavy atom. The molecule has 4 rings (SSSR count). The van der Waals surface area contributed by atoms with Crippen LogP contribution in [0.25, 0.3) is 5.57 Å². The number of ether oxygens (including phenoxy) is 1. The summed E-state index contributed by atoms with van der Waals surface area (Å²) in [5.41, 5.74) is 2.36. The van der Waals surface area contributed by atoms with E-state index in [0.717, 1.165) is 38.0 Å². The molecule has 2 fully saturated rings. The van der Waals surface area contributed by atoms with Crippen molar-refractivity contribution < 1.29 is 38.0 Å². The zero-order chi connectivity index (χ0) is 20.4. The second-order valence-corrected chi connectivity index (χ2v) is 9.92. The number of hydrogen-bond donors (Lipinski definition) is 0. The smallest absolute Gasteiger partial charge is 0.313 e. The number of benzene rings is 1. The molecular weight excluding hydrogens is 485 g/mol. The van der Waals surface area contributed by atoms with Gasteiger partial charge < -0.3 is 33.2 Å². The third-order valence-corrected chi connectivity index (χ3v) is 7.76. The zero-order valence-corrected chi connectivity index (χ0v) is 21.0. The van der Waals surface area contributed by atoms with Crippen LogP contribution in [0.4, 0.5) is 0 Å². The van der Waals surface area contributed by atoms with Crippen molar-refractivity contribution in [2.24, 2.45) is 11.8 Å². The Morgan fingerprint density at radius 1 is 1.10 bits per heavy atom. The average Bonchev–Trinajstić information content (AvgIpc) is 2.90. The minimum absolute atomic E-state index is 0. The van der Waals surface area contributed by atoms with Crippen molar-refractivity contribution in [1.82, 2.24) is 0 Å². The lowest BCUT2D eigenvalue weighted by Gasteiger charge is -2.50. The van der Waals surface area contributed by atoms with Crippen LogP contribution in [-0.2, 0) is 9.53 Å². The number of fused-ring (bicyclic) bond motifs is 2. The minimum Gasteiger partial charge on any atom is -1.00 e. The molecule has 3 unspecified atom stereocenters. The maximum Gasteiger partial charge on any atom is 0.313 e. The van der Waals surface area contributed by atoms with E-state index in [9.17, 15) is 4.79 Å². The van der Waals surface area contributed by atoms with Crippen LogP contribution >= 0.6 is 0 Å². The first kappa shape index (κ1) is 23.8. The number of carbonyl (C=O) groups is 1. The molecule has 30 heavy (non-hydrogen) atoms. The minimum atomic E-state index is -0.0909. The van der Waals surface area contributed by atoms with Crippen molar-refractivity contribution >= 4 is 11.5 Å². The van der Waals surface area contributed by atoms with Gasteiger partial charge in [0.05, 0.1) is 31.1 Å². The quantitative estimate of drug-likeness (QED) is 0.326. The van der Waals surface area contributed by atoms with Gasteiger partial charge in [-0.05, 0) is 37.3 Å². The van der Waals surface area contributed by atoms with Crippen LogP contribution in [0, 0.1) is 11.8 Å². The lowest BCUT2D eigenvalue weighted by atomic mass is 9.83. The van der Waals surface area contributed by atoms with E-state index in [1.807, 2.05) is 6.07 Å². The van der Waals surface area contributed by atoms with Crippen LogP contribution in [-0.4, -0.2) is 41.7 Å². The summed E-state index contributed by atoms with van der Waals surface area (Å²) in [4.78, 5) is 13.2. The molecule has 2 bridgehead atoms. The van der Waals surface area contributed by atoms with Crippen LogP contribution in [0.3, 0.4) is 0 Å². The molecule has 0 amide bonds. The third-order valence-electron chi connectivity index (χ3n) is 7.76. The van der Waals surface area contributed by atoms with Crippen molar-refractivity contribution in [1.29, 1.82) is 0 Å². The summed E-state index contributed by atoms with van der Waals surface area (Å²) in [6.07, 6.45) is 10.2. The van der Waals surface area contributed by atoms with Crippen LogP contribution in [0.2, 0.25) is 0 Å². The predicted octanol–water partition coefficient (Wildman–Crippen LogP) is 2.60. The summed E-state index contributed by atoms with van der Waals surface area (Å²) >= 11 is 0. The highest BCUT2D eigenvalue weighted by molar-refractivity contribution is 5.89. The van der Waals surface area contributed by atoms with Crippen LogP contribution in [0.15, 0.2) is 36.4 Å². The molecule has 4 heteroatoms. The standard InChI is InChI=1S/C26H38NO2.HI/c1-4-27(18-19(2)3)21-14-15-22(27)17-23(16-21)29-26(28)25-13-9-8-12-24(25)20-10-6-5-7-11-20;/h5-7,10-12,19,21-23,25H,4,8-9,13-18H2,1-3H3;1H/q+1;/p-1/t21-,22+,23?,25?,27?;. The molecule has 0 saturated carbocycles. The first-order chi connectivity index (χ1) is 14.0. The third kappa shape index (κ3) is 4.64. The van der Waals surface area contributed by atoms with E-state index in [1.165, 1.54) is 41.6 Å². The highest BCUT2D eigenvalue weighted by Crippen LogP contribution is 2.44. The Kier molecular flexibility index (Phi) is 8.05. The van der Waals surface area contributed by atoms with Crippen LogP contribution in [0.1, 0.15) is 71.3 Å². The fourth-order valence-electron chi connectivity index (χ4n) is 6.59. The first-order valence-electron chi connectivity index (χ1n) is 11.9. The number of allylic oxidation sites excluding steroid dienone is 1. The van der Waals surface area contributed by atoms with Gasteiger partial charge in [-0.15, -0.1) is 0 Å². The summed E-state index contributed by atoms with van der Waals surface area (Å²) < 4.78 is 7.48. The normalized spacial score (nSPS) is 33.0. The molecule has 3 aliphatic rings. The number of esters is 1. The molecule has 0 aromatic heterocycles.